The topological polar surface area (TPSA) is 0 Å². The van der Waals surface area contributed by atoms with E-state index >= 15 is 0 Å². The van der Waals surface area contributed by atoms with Gasteiger partial charge in [-0.2, -0.15) is 0 Å². The summed E-state index contributed by atoms with van der Waals surface area (Å²) in [5, 5.41) is 0.534. The Hall–Kier alpha value is -0.0800. The first-order valence-electron chi connectivity index (χ1n) is 5.89. The number of rotatable bonds is 4. The summed E-state index contributed by atoms with van der Waals surface area (Å²) >= 11 is 9.67. The zero-order valence-corrected chi connectivity index (χ0v) is 12.9. The molecule has 0 aliphatic rings. The Bertz CT molecular complexity index is 351. The molecule has 17 heavy (non-hydrogen) atoms. The molecule has 0 spiro atoms. The molecule has 0 bridgehead atoms. The van der Waals surface area contributed by atoms with Gasteiger partial charge in [-0.15, -0.1) is 0 Å². The van der Waals surface area contributed by atoms with Crippen molar-refractivity contribution in [1.29, 1.82) is 0 Å². The fourth-order valence-electron chi connectivity index (χ4n) is 1.66. The molecule has 0 aliphatic carbocycles. The van der Waals surface area contributed by atoms with Gasteiger partial charge in [-0.1, -0.05) is 54.4 Å². The molecule has 1 atom stereocenters. The van der Waals surface area contributed by atoms with Gasteiger partial charge in [0.05, 0.1) is 0 Å². The van der Waals surface area contributed by atoms with Gasteiger partial charge in [0, 0.05) is 15.4 Å². The summed E-state index contributed by atoms with van der Waals surface area (Å²) in [6, 6.07) is 4.86. The summed E-state index contributed by atoms with van der Waals surface area (Å²) in [6.07, 6.45) is 2.66. The van der Waals surface area contributed by atoms with Crippen LogP contribution in [0.15, 0.2) is 18.2 Å². The maximum atomic E-state index is 13.5. The van der Waals surface area contributed by atoms with Gasteiger partial charge < -0.3 is 0 Å². The number of hydrogen-bond donors (Lipinski definition) is 0. The molecule has 0 fully saturated rings. The van der Waals surface area contributed by atoms with Crippen LogP contribution < -0.4 is 0 Å². The third-order valence-corrected chi connectivity index (χ3v) is 5.07. The average molecular weight is 322 g/mol. The van der Waals surface area contributed by atoms with E-state index in [9.17, 15) is 4.39 Å². The Kier molecular flexibility index (Phi) is 5.46. The fourth-order valence-corrected chi connectivity index (χ4v) is 2.24. The Morgan fingerprint density at radius 2 is 2.00 bits per heavy atom. The molecular weight excluding hydrogens is 303 g/mol. The second-order valence-corrected chi connectivity index (χ2v) is 6.94. The minimum atomic E-state index is -0.195. The van der Waals surface area contributed by atoms with Crippen molar-refractivity contribution in [1.82, 2.24) is 0 Å². The SMILES string of the molecule is CC(C)(C)C(Br)CCCc1c(F)cccc1Cl. The lowest BCUT2D eigenvalue weighted by atomic mass is 9.89. The van der Waals surface area contributed by atoms with E-state index in [1.54, 1.807) is 12.1 Å². The van der Waals surface area contributed by atoms with Gasteiger partial charge in [0.25, 0.3) is 0 Å². The van der Waals surface area contributed by atoms with Crippen molar-refractivity contribution in [2.75, 3.05) is 0 Å². The molecule has 1 unspecified atom stereocenters. The summed E-state index contributed by atoms with van der Waals surface area (Å²) < 4.78 is 13.5. The van der Waals surface area contributed by atoms with E-state index < -0.39 is 0 Å². The summed E-state index contributed by atoms with van der Waals surface area (Å²) in [5.74, 6) is -0.195. The lowest BCUT2D eigenvalue weighted by molar-refractivity contribution is 0.380. The van der Waals surface area contributed by atoms with Crippen LogP contribution in [0.3, 0.4) is 0 Å². The Morgan fingerprint density at radius 1 is 1.35 bits per heavy atom. The predicted octanol–water partition coefficient (Wildman–Crippen LogP) is 5.61. The molecule has 0 N–H and O–H groups in total. The zero-order valence-electron chi connectivity index (χ0n) is 10.6. The van der Waals surface area contributed by atoms with Crippen LogP contribution in [0.2, 0.25) is 5.02 Å². The van der Waals surface area contributed by atoms with Crippen molar-refractivity contribution in [3.63, 3.8) is 0 Å². The van der Waals surface area contributed by atoms with E-state index in [4.69, 9.17) is 11.6 Å². The van der Waals surface area contributed by atoms with Crippen LogP contribution in [-0.4, -0.2) is 4.83 Å². The van der Waals surface area contributed by atoms with Crippen LogP contribution in [0.5, 0.6) is 0 Å². The fraction of sp³-hybridized carbons (Fsp3) is 0.571. The van der Waals surface area contributed by atoms with Gasteiger partial charge in [-0.05, 0) is 36.8 Å². The molecule has 0 aromatic heterocycles. The van der Waals surface area contributed by atoms with Gasteiger partial charge in [-0.3, -0.25) is 0 Å². The lowest BCUT2D eigenvalue weighted by Crippen LogP contribution is -2.20. The minimum Gasteiger partial charge on any atom is -0.207 e. The molecule has 0 saturated carbocycles. The standard InChI is InChI=1S/C14H19BrClF/c1-14(2,3)13(15)9-4-6-10-11(16)7-5-8-12(10)17/h5,7-8,13H,4,6,9H2,1-3H3. The molecule has 0 heterocycles. The summed E-state index contributed by atoms with van der Waals surface area (Å²) in [7, 11) is 0. The predicted molar refractivity (Wildman–Crippen MR) is 76.5 cm³/mol. The average Bonchev–Trinajstić information content (AvgIpc) is 2.20. The highest BCUT2D eigenvalue weighted by molar-refractivity contribution is 9.09. The van der Waals surface area contributed by atoms with Crippen molar-refractivity contribution < 1.29 is 4.39 Å². The normalized spacial score (nSPS) is 13.8. The second-order valence-electron chi connectivity index (χ2n) is 5.43. The molecule has 0 amide bonds. The Balaban J connectivity index is 2.52. The van der Waals surface area contributed by atoms with Gasteiger partial charge in [0.15, 0.2) is 0 Å². The lowest BCUT2D eigenvalue weighted by Gasteiger charge is -2.25. The molecule has 0 nitrogen and oxygen atoms in total. The van der Waals surface area contributed by atoms with E-state index in [1.807, 2.05) is 0 Å². The van der Waals surface area contributed by atoms with E-state index in [0.717, 1.165) is 12.8 Å². The first-order chi connectivity index (χ1) is 7.82. The summed E-state index contributed by atoms with van der Waals surface area (Å²) in [4.78, 5) is 0.445. The number of halogens is 3. The highest BCUT2D eigenvalue weighted by atomic mass is 79.9. The van der Waals surface area contributed by atoms with E-state index in [0.29, 0.717) is 21.8 Å². The minimum absolute atomic E-state index is 0.195. The monoisotopic (exact) mass is 320 g/mol. The van der Waals surface area contributed by atoms with Crippen molar-refractivity contribution >= 4 is 27.5 Å². The molecule has 96 valence electrons. The van der Waals surface area contributed by atoms with Crippen molar-refractivity contribution in [2.24, 2.45) is 5.41 Å². The molecule has 1 aromatic carbocycles. The van der Waals surface area contributed by atoms with Crippen molar-refractivity contribution in [3.05, 3.63) is 34.6 Å². The molecule has 1 rings (SSSR count). The molecule has 1 aromatic rings. The van der Waals surface area contributed by atoms with Crippen LogP contribution in [0.1, 0.15) is 39.2 Å². The molecule has 0 aliphatic heterocycles. The van der Waals surface area contributed by atoms with Gasteiger partial charge in [-0.25, -0.2) is 4.39 Å². The van der Waals surface area contributed by atoms with Crippen molar-refractivity contribution in [2.45, 2.75) is 44.9 Å². The maximum absolute atomic E-state index is 13.5. The highest BCUT2D eigenvalue weighted by Gasteiger charge is 2.21. The first-order valence-corrected chi connectivity index (χ1v) is 7.18. The summed E-state index contributed by atoms with van der Waals surface area (Å²) in [6.45, 7) is 6.59. The van der Waals surface area contributed by atoms with Gasteiger partial charge >= 0.3 is 0 Å². The van der Waals surface area contributed by atoms with E-state index in [1.165, 1.54) is 6.07 Å². The maximum Gasteiger partial charge on any atom is 0.127 e. The molecular formula is C14H19BrClF. The van der Waals surface area contributed by atoms with Crippen LogP contribution in [-0.2, 0) is 6.42 Å². The zero-order chi connectivity index (χ0) is 13.1. The molecule has 0 radical (unpaired) electrons. The number of hydrogen-bond acceptors (Lipinski definition) is 0. The number of benzene rings is 1. The second kappa shape index (κ2) is 6.19. The Labute approximate surface area is 117 Å². The smallest absolute Gasteiger partial charge is 0.127 e. The van der Waals surface area contributed by atoms with Gasteiger partial charge in [0.1, 0.15) is 5.82 Å². The summed E-state index contributed by atoms with van der Waals surface area (Å²) in [5.41, 5.74) is 0.877. The van der Waals surface area contributed by atoms with E-state index in [2.05, 4.69) is 36.7 Å². The van der Waals surface area contributed by atoms with Gasteiger partial charge in [0.2, 0.25) is 0 Å². The third kappa shape index (κ3) is 4.59. The van der Waals surface area contributed by atoms with Crippen LogP contribution in [0, 0.1) is 11.2 Å². The van der Waals surface area contributed by atoms with Crippen LogP contribution >= 0.6 is 27.5 Å². The third-order valence-electron chi connectivity index (χ3n) is 2.89. The highest BCUT2D eigenvalue weighted by Crippen LogP contribution is 2.30. The van der Waals surface area contributed by atoms with Crippen molar-refractivity contribution in [3.8, 4) is 0 Å². The first kappa shape index (κ1) is 15.0. The largest absolute Gasteiger partial charge is 0.207 e. The van der Waals surface area contributed by atoms with E-state index in [-0.39, 0.29) is 11.2 Å². The quantitative estimate of drug-likeness (QED) is 0.632. The molecule has 0 saturated heterocycles. The van der Waals surface area contributed by atoms with Crippen LogP contribution in [0.25, 0.3) is 0 Å². The Morgan fingerprint density at radius 3 is 2.53 bits per heavy atom. The molecule has 3 heteroatoms. The number of alkyl halides is 1. The van der Waals surface area contributed by atoms with Crippen LogP contribution in [0.4, 0.5) is 4.39 Å².